The van der Waals surface area contributed by atoms with Crippen LogP contribution in [0, 0.1) is 0 Å². The van der Waals surface area contributed by atoms with Crippen molar-refractivity contribution in [1.29, 1.82) is 0 Å². The molecule has 1 saturated heterocycles. The van der Waals surface area contributed by atoms with Crippen molar-refractivity contribution in [1.82, 2.24) is 9.29 Å². The Bertz CT molecular complexity index is 1410. The van der Waals surface area contributed by atoms with E-state index in [-0.39, 0.29) is 29.7 Å². The van der Waals surface area contributed by atoms with Crippen molar-refractivity contribution in [3.63, 3.8) is 0 Å². The molecule has 0 bridgehead atoms. The van der Waals surface area contributed by atoms with Crippen molar-refractivity contribution in [3.05, 3.63) is 64.4 Å². The number of anilines is 1. The highest BCUT2D eigenvalue weighted by molar-refractivity contribution is 7.89. The number of morpholine rings is 1. The number of rotatable bonds is 6. The van der Waals surface area contributed by atoms with Crippen molar-refractivity contribution in [3.8, 4) is 5.75 Å². The number of aromatic amines is 1. The van der Waals surface area contributed by atoms with Crippen molar-refractivity contribution in [2.75, 3.05) is 31.6 Å². The van der Waals surface area contributed by atoms with Gasteiger partial charge in [0.1, 0.15) is 5.75 Å². The molecule has 1 saturated carbocycles. The third-order valence-electron chi connectivity index (χ3n) is 6.36. The molecule has 2 heterocycles. The van der Waals surface area contributed by atoms with E-state index in [9.17, 15) is 18.0 Å². The number of hydrogen-bond donors (Lipinski definition) is 2. The molecule has 2 aliphatic rings. The van der Waals surface area contributed by atoms with E-state index in [0.717, 1.165) is 25.7 Å². The lowest BCUT2D eigenvalue weighted by Crippen LogP contribution is -2.40. The molecule has 184 valence electrons. The van der Waals surface area contributed by atoms with E-state index >= 15 is 0 Å². The minimum atomic E-state index is -3.77. The van der Waals surface area contributed by atoms with Crippen LogP contribution in [0.2, 0.25) is 0 Å². The summed E-state index contributed by atoms with van der Waals surface area (Å²) in [5.74, 6) is 0.157. The summed E-state index contributed by atoms with van der Waals surface area (Å²) in [6, 6.07) is 12.7. The van der Waals surface area contributed by atoms with Crippen LogP contribution < -0.4 is 15.6 Å². The number of nitrogens with zero attached hydrogens (tertiary/aromatic N) is 1. The summed E-state index contributed by atoms with van der Waals surface area (Å²) in [5.41, 5.74) is 0.535. The Kier molecular flexibility index (Phi) is 6.59. The first kappa shape index (κ1) is 23.5. The number of pyridine rings is 1. The van der Waals surface area contributed by atoms with E-state index in [1.54, 1.807) is 18.2 Å². The average Bonchev–Trinajstić information content (AvgIpc) is 3.37. The molecule has 9 nitrogen and oxygen atoms in total. The van der Waals surface area contributed by atoms with Gasteiger partial charge in [0.25, 0.3) is 5.91 Å². The summed E-state index contributed by atoms with van der Waals surface area (Å²) >= 11 is 0. The van der Waals surface area contributed by atoms with E-state index in [4.69, 9.17) is 9.47 Å². The van der Waals surface area contributed by atoms with Crippen molar-refractivity contribution in [2.24, 2.45) is 0 Å². The molecule has 10 heteroatoms. The first-order valence-corrected chi connectivity index (χ1v) is 13.2. The van der Waals surface area contributed by atoms with Crippen LogP contribution >= 0.6 is 0 Å². The van der Waals surface area contributed by atoms with Gasteiger partial charge >= 0.3 is 0 Å². The Labute approximate surface area is 203 Å². The molecule has 2 fully saturated rings. The third kappa shape index (κ3) is 5.09. The molecule has 5 rings (SSSR count). The summed E-state index contributed by atoms with van der Waals surface area (Å²) in [4.78, 5) is 28.2. The van der Waals surface area contributed by atoms with Crippen molar-refractivity contribution >= 4 is 32.5 Å². The number of nitrogens with one attached hydrogen (secondary N) is 2. The van der Waals surface area contributed by atoms with E-state index in [1.807, 2.05) is 6.07 Å². The van der Waals surface area contributed by atoms with Crippen LogP contribution in [0.5, 0.6) is 5.75 Å². The number of ether oxygens (including phenoxy) is 2. The molecule has 1 amide bonds. The first-order valence-electron chi connectivity index (χ1n) is 11.7. The SMILES string of the molecule is O=C(Nc1cccc(OC2CCCC2)c1)c1cc(=O)[nH]c2ccc(S(=O)(=O)N3CCOCC3)cc12. The van der Waals surface area contributed by atoms with Crippen LogP contribution in [0.25, 0.3) is 10.9 Å². The lowest BCUT2D eigenvalue weighted by atomic mass is 10.1. The number of H-pyrrole nitrogens is 1. The topological polar surface area (TPSA) is 118 Å². The van der Waals surface area contributed by atoms with Crippen LogP contribution in [0.1, 0.15) is 36.0 Å². The maximum atomic E-state index is 13.2. The highest BCUT2D eigenvalue weighted by Crippen LogP contribution is 2.27. The van der Waals surface area contributed by atoms with Gasteiger partial charge in [0.2, 0.25) is 15.6 Å². The summed E-state index contributed by atoms with van der Waals surface area (Å²) in [6.45, 7) is 1.19. The van der Waals surface area contributed by atoms with Crippen molar-refractivity contribution in [2.45, 2.75) is 36.7 Å². The maximum absolute atomic E-state index is 13.2. The summed E-state index contributed by atoms with van der Waals surface area (Å²) in [6.07, 6.45) is 4.53. The second-order valence-corrected chi connectivity index (χ2v) is 10.7. The van der Waals surface area contributed by atoms with Gasteiger partial charge in [-0.3, -0.25) is 9.59 Å². The second kappa shape index (κ2) is 9.80. The number of benzene rings is 2. The van der Waals surface area contributed by atoms with E-state index < -0.39 is 21.5 Å². The monoisotopic (exact) mass is 497 g/mol. The lowest BCUT2D eigenvalue weighted by Gasteiger charge is -2.26. The van der Waals surface area contributed by atoms with Gasteiger partial charge in [-0.05, 0) is 56.0 Å². The number of amides is 1. The van der Waals surface area contributed by atoms with Gasteiger partial charge in [-0.2, -0.15) is 4.31 Å². The Morgan fingerprint density at radius 3 is 2.60 bits per heavy atom. The second-order valence-electron chi connectivity index (χ2n) is 8.78. The zero-order valence-corrected chi connectivity index (χ0v) is 20.0. The molecule has 3 aromatic rings. The summed E-state index contributed by atoms with van der Waals surface area (Å²) in [5, 5.41) is 3.16. The molecule has 2 aromatic carbocycles. The largest absolute Gasteiger partial charge is 0.490 e. The lowest BCUT2D eigenvalue weighted by molar-refractivity contribution is 0.0730. The van der Waals surface area contributed by atoms with Crippen LogP contribution in [0.4, 0.5) is 5.69 Å². The molecule has 0 unspecified atom stereocenters. The molecular formula is C25H27N3O6S. The number of hydrogen-bond acceptors (Lipinski definition) is 6. The zero-order valence-electron chi connectivity index (χ0n) is 19.2. The number of carbonyl (C=O) groups is 1. The minimum absolute atomic E-state index is 0.0555. The Balaban J connectivity index is 1.44. The van der Waals surface area contributed by atoms with Crippen molar-refractivity contribution < 1.29 is 22.7 Å². The first-order chi connectivity index (χ1) is 16.9. The summed E-state index contributed by atoms with van der Waals surface area (Å²) in [7, 11) is -3.77. The molecule has 2 N–H and O–H groups in total. The molecule has 1 aliphatic heterocycles. The molecule has 0 atom stereocenters. The predicted molar refractivity (Wildman–Crippen MR) is 131 cm³/mol. The normalized spacial score (nSPS) is 17.5. The van der Waals surface area contributed by atoms with Gasteiger partial charge in [0.15, 0.2) is 0 Å². The third-order valence-corrected chi connectivity index (χ3v) is 8.26. The average molecular weight is 498 g/mol. The Morgan fingerprint density at radius 1 is 1.06 bits per heavy atom. The van der Waals surface area contributed by atoms with Gasteiger partial charge in [-0.1, -0.05) is 6.07 Å². The Morgan fingerprint density at radius 2 is 1.83 bits per heavy atom. The quantitative estimate of drug-likeness (QED) is 0.540. The molecule has 0 radical (unpaired) electrons. The maximum Gasteiger partial charge on any atom is 0.256 e. The predicted octanol–water partition coefficient (Wildman–Crippen LogP) is 3.12. The fraction of sp³-hybridized carbons (Fsp3) is 0.360. The summed E-state index contributed by atoms with van der Waals surface area (Å²) < 4.78 is 38.9. The fourth-order valence-corrected chi connectivity index (χ4v) is 6.00. The smallest absolute Gasteiger partial charge is 0.256 e. The highest BCUT2D eigenvalue weighted by Gasteiger charge is 2.27. The van der Waals surface area contributed by atoms with E-state index in [2.05, 4.69) is 10.3 Å². The van der Waals surface area contributed by atoms with Crippen LogP contribution in [-0.2, 0) is 14.8 Å². The Hall–Kier alpha value is -3.21. The van der Waals surface area contributed by atoms with Gasteiger partial charge in [0, 0.05) is 41.8 Å². The van der Waals surface area contributed by atoms with Crippen LogP contribution in [0.15, 0.2) is 58.2 Å². The molecule has 35 heavy (non-hydrogen) atoms. The van der Waals surface area contributed by atoms with Gasteiger partial charge < -0.3 is 19.8 Å². The minimum Gasteiger partial charge on any atom is -0.490 e. The van der Waals surface area contributed by atoms with Gasteiger partial charge in [-0.25, -0.2) is 8.42 Å². The number of fused-ring (bicyclic) bond motifs is 1. The number of sulfonamides is 1. The molecule has 1 aliphatic carbocycles. The number of aromatic nitrogens is 1. The molecule has 0 spiro atoms. The molecule has 1 aromatic heterocycles. The highest BCUT2D eigenvalue weighted by atomic mass is 32.2. The van der Waals surface area contributed by atoms with E-state index in [1.165, 1.54) is 28.6 Å². The zero-order chi connectivity index (χ0) is 24.4. The van der Waals surface area contributed by atoms with Gasteiger partial charge in [-0.15, -0.1) is 0 Å². The van der Waals surface area contributed by atoms with E-state index in [0.29, 0.717) is 35.6 Å². The van der Waals surface area contributed by atoms with Gasteiger partial charge in [0.05, 0.1) is 29.8 Å². The standard InChI is InChI=1S/C25H27N3O6S/c29-24-16-22(25(30)26-17-4-3-7-19(14-17)34-18-5-1-2-6-18)21-15-20(8-9-23(21)27-24)35(31,32)28-10-12-33-13-11-28/h3-4,7-9,14-16,18H,1-2,5-6,10-13H2,(H,26,30)(H,27,29). The number of carbonyl (C=O) groups excluding carboxylic acids is 1. The fourth-order valence-electron chi connectivity index (χ4n) is 4.56. The van der Waals surface area contributed by atoms with Crippen LogP contribution in [-0.4, -0.2) is 56.0 Å². The molecular weight excluding hydrogens is 470 g/mol. The van der Waals surface area contributed by atoms with Crippen LogP contribution in [0.3, 0.4) is 0 Å².